The first-order chi connectivity index (χ1) is 11.5. The van der Waals surface area contributed by atoms with Crippen molar-refractivity contribution in [3.63, 3.8) is 0 Å². The number of hydrogen-bond donors (Lipinski definition) is 1. The maximum Gasteiger partial charge on any atom is 0.183 e. The predicted octanol–water partition coefficient (Wildman–Crippen LogP) is 1.80. The molecule has 0 bridgehead atoms. The van der Waals surface area contributed by atoms with Gasteiger partial charge in [0.05, 0.1) is 27.8 Å². The molecule has 1 aromatic carbocycles. The van der Waals surface area contributed by atoms with Gasteiger partial charge in [-0.2, -0.15) is 0 Å². The minimum Gasteiger partial charge on any atom is -0.491 e. The maximum absolute atomic E-state index is 13.0. The Bertz CT molecular complexity index is 785. The molecule has 142 valence electrons. The monoisotopic (exact) mass is 389 g/mol. The Labute approximate surface area is 150 Å². The Morgan fingerprint density at radius 2 is 1.76 bits per heavy atom. The normalized spacial score (nSPS) is 24.4. The Morgan fingerprint density at radius 1 is 1.16 bits per heavy atom. The molecule has 1 N–H and O–H groups in total. The van der Waals surface area contributed by atoms with Gasteiger partial charge in [0.25, 0.3) is 0 Å². The van der Waals surface area contributed by atoms with Crippen LogP contribution in [0, 0.1) is 0 Å². The van der Waals surface area contributed by atoms with Crippen LogP contribution < -0.4 is 10.1 Å². The lowest BCUT2D eigenvalue weighted by Crippen LogP contribution is -2.46. The first-order valence-corrected chi connectivity index (χ1v) is 11.9. The van der Waals surface area contributed by atoms with Crippen LogP contribution in [0.1, 0.15) is 34.1 Å². The van der Waals surface area contributed by atoms with Gasteiger partial charge in [-0.05, 0) is 51.5 Å². The van der Waals surface area contributed by atoms with Crippen molar-refractivity contribution in [1.29, 1.82) is 0 Å². The number of benzene rings is 1. The number of rotatable bonds is 7. The van der Waals surface area contributed by atoms with Crippen molar-refractivity contribution in [1.82, 2.24) is 5.32 Å². The fraction of sp³-hybridized carbons (Fsp3) is 0.647. The molecule has 1 unspecified atom stereocenters. The first-order valence-electron chi connectivity index (χ1n) is 8.52. The highest BCUT2D eigenvalue weighted by molar-refractivity contribution is 7.96. The molecule has 8 heteroatoms. The highest BCUT2D eigenvalue weighted by atomic mass is 32.2. The summed E-state index contributed by atoms with van der Waals surface area (Å²) < 4.78 is 55.6. The summed E-state index contributed by atoms with van der Waals surface area (Å²) in [4.78, 5) is 0.127. The molecule has 1 aliphatic heterocycles. The first kappa shape index (κ1) is 20.2. The summed E-state index contributed by atoms with van der Waals surface area (Å²) in [6.07, 6.45) is 0.788. The van der Waals surface area contributed by atoms with Crippen molar-refractivity contribution in [2.75, 3.05) is 11.5 Å². The van der Waals surface area contributed by atoms with E-state index in [1.165, 1.54) is 12.1 Å². The van der Waals surface area contributed by atoms with E-state index >= 15 is 0 Å². The van der Waals surface area contributed by atoms with Gasteiger partial charge in [0.1, 0.15) is 5.75 Å². The van der Waals surface area contributed by atoms with Gasteiger partial charge in [0.2, 0.25) is 0 Å². The number of sulfone groups is 2. The molecule has 1 aromatic rings. The summed E-state index contributed by atoms with van der Waals surface area (Å²) in [7, 11) is -7.14. The molecule has 1 aliphatic rings. The van der Waals surface area contributed by atoms with E-state index in [-0.39, 0.29) is 28.5 Å². The van der Waals surface area contributed by atoms with Crippen LogP contribution in [0.4, 0.5) is 0 Å². The molecule has 0 aliphatic carbocycles. The zero-order valence-corrected chi connectivity index (χ0v) is 16.7. The van der Waals surface area contributed by atoms with Gasteiger partial charge in [-0.25, -0.2) is 16.8 Å². The molecular weight excluding hydrogens is 362 g/mol. The van der Waals surface area contributed by atoms with E-state index < -0.39 is 31.0 Å². The van der Waals surface area contributed by atoms with Crippen molar-refractivity contribution in [2.45, 2.75) is 62.4 Å². The third kappa shape index (κ3) is 4.95. The molecule has 6 nitrogen and oxygen atoms in total. The molecule has 0 aromatic heterocycles. The summed E-state index contributed by atoms with van der Waals surface area (Å²) in [5.41, 5.74) is 0. The van der Waals surface area contributed by atoms with Crippen LogP contribution in [0.25, 0.3) is 0 Å². The smallest absolute Gasteiger partial charge is 0.183 e. The molecule has 0 saturated carbocycles. The molecule has 0 radical (unpaired) electrons. The minimum atomic E-state index is -3.76. The summed E-state index contributed by atoms with van der Waals surface area (Å²) in [6.45, 7) is 7.67. The van der Waals surface area contributed by atoms with Gasteiger partial charge in [-0.1, -0.05) is 6.92 Å². The van der Waals surface area contributed by atoms with Crippen molar-refractivity contribution in [3.05, 3.63) is 24.3 Å². The van der Waals surface area contributed by atoms with Crippen LogP contribution in [-0.2, 0) is 19.7 Å². The lowest BCUT2D eigenvalue weighted by Gasteiger charge is -2.23. The predicted molar refractivity (Wildman–Crippen MR) is 98.5 cm³/mol. The lowest BCUT2D eigenvalue weighted by molar-refractivity contribution is 0.242. The molecule has 1 fully saturated rings. The molecule has 0 amide bonds. The number of ether oxygens (including phenoxy) is 1. The SMILES string of the molecule is CCC(C)N[C@H]1CS(=O)(=O)C[C@@H]1S(=O)(=O)c1ccc(OC(C)C)cc1. The molecular formula is C17H27NO5S2. The summed E-state index contributed by atoms with van der Waals surface area (Å²) in [5, 5.41) is 2.20. The summed E-state index contributed by atoms with van der Waals surface area (Å²) in [5.74, 6) is 0.103. The van der Waals surface area contributed by atoms with Crippen LogP contribution in [0.2, 0.25) is 0 Å². The highest BCUT2D eigenvalue weighted by Crippen LogP contribution is 2.27. The Morgan fingerprint density at radius 3 is 2.28 bits per heavy atom. The second-order valence-corrected chi connectivity index (χ2v) is 11.2. The Balaban J connectivity index is 2.29. The minimum absolute atomic E-state index is 0.00783. The van der Waals surface area contributed by atoms with Crippen LogP contribution in [0.3, 0.4) is 0 Å². The van der Waals surface area contributed by atoms with E-state index in [2.05, 4.69) is 5.32 Å². The van der Waals surface area contributed by atoms with Gasteiger partial charge >= 0.3 is 0 Å². The molecule has 3 atom stereocenters. The standard InChI is InChI=1S/C17H27NO5S2/c1-5-13(4)18-16-10-24(19,20)11-17(16)25(21,22)15-8-6-14(7-9-15)23-12(2)3/h6-9,12-13,16-18H,5,10-11H2,1-4H3/t13?,16-,17-/m0/s1. The van der Waals surface area contributed by atoms with E-state index in [1.807, 2.05) is 27.7 Å². The lowest BCUT2D eigenvalue weighted by atomic mass is 10.2. The molecule has 25 heavy (non-hydrogen) atoms. The number of hydrogen-bond acceptors (Lipinski definition) is 6. The molecule has 2 rings (SSSR count). The zero-order valence-electron chi connectivity index (χ0n) is 15.1. The van der Waals surface area contributed by atoms with E-state index in [0.29, 0.717) is 5.75 Å². The fourth-order valence-corrected chi connectivity index (χ4v) is 7.59. The van der Waals surface area contributed by atoms with E-state index in [0.717, 1.165) is 6.42 Å². The third-order valence-corrected chi connectivity index (χ3v) is 8.50. The van der Waals surface area contributed by atoms with Crippen molar-refractivity contribution < 1.29 is 21.6 Å². The van der Waals surface area contributed by atoms with Crippen LogP contribution >= 0.6 is 0 Å². The van der Waals surface area contributed by atoms with Crippen molar-refractivity contribution in [2.24, 2.45) is 0 Å². The second kappa shape index (κ2) is 7.63. The highest BCUT2D eigenvalue weighted by Gasteiger charge is 2.46. The average Bonchev–Trinajstić information content (AvgIpc) is 2.82. The fourth-order valence-electron chi connectivity index (χ4n) is 2.91. The Kier molecular flexibility index (Phi) is 6.17. The third-order valence-electron chi connectivity index (χ3n) is 4.33. The zero-order chi connectivity index (χ0) is 18.8. The molecule has 1 heterocycles. The van der Waals surface area contributed by atoms with Crippen LogP contribution in [-0.4, -0.2) is 51.8 Å². The quantitative estimate of drug-likeness (QED) is 0.765. The largest absolute Gasteiger partial charge is 0.491 e. The van der Waals surface area contributed by atoms with Crippen molar-refractivity contribution >= 4 is 19.7 Å². The van der Waals surface area contributed by atoms with Crippen LogP contribution in [0.5, 0.6) is 5.75 Å². The van der Waals surface area contributed by atoms with E-state index in [4.69, 9.17) is 4.74 Å². The van der Waals surface area contributed by atoms with Crippen LogP contribution in [0.15, 0.2) is 29.2 Å². The Hall–Kier alpha value is -1.12. The van der Waals surface area contributed by atoms with Gasteiger partial charge in [-0.15, -0.1) is 0 Å². The summed E-state index contributed by atoms with van der Waals surface area (Å²) >= 11 is 0. The van der Waals surface area contributed by atoms with Gasteiger partial charge < -0.3 is 10.1 Å². The van der Waals surface area contributed by atoms with E-state index in [1.54, 1.807) is 12.1 Å². The average molecular weight is 390 g/mol. The maximum atomic E-state index is 13.0. The van der Waals surface area contributed by atoms with Gasteiger partial charge in [-0.3, -0.25) is 0 Å². The van der Waals surface area contributed by atoms with E-state index in [9.17, 15) is 16.8 Å². The second-order valence-electron chi connectivity index (χ2n) is 6.88. The number of nitrogens with one attached hydrogen (secondary N) is 1. The summed E-state index contributed by atoms with van der Waals surface area (Å²) in [6, 6.07) is 5.65. The van der Waals surface area contributed by atoms with Gasteiger partial charge in [0.15, 0.2) is 19.7 Å². The molecule has 0 spiro atoms. The molecule has 1 saturated heterocycles. The van der Waals surface area contributed by atoms with Gasteiger partial charge in [0, 0.05) is 12.1 Å². The topological polar surface area (TPSA) is 89.5 Å². The van der Waals surface area contributed by atoms with Crippen molar-refractivity contribution in [3.8, 4) is 5.75 Å².